The number of rotatable bonds is 8. The molecule has 1 aromatic rings. The van der Waals surface area contributed by atoms with E-state index in [1.807, 2.05) is 6.92 Å². The number of aryl methyl sites for hydroxylation is 1. The lowest BCUT2D eigenvalue weighted by Gasteiger charge is -2.22. The standard InChI is InChI=1S/C19H27ClN2O3S/c1-15-8-9-17(14-18(15)20)22(26(2,24)25)13-11-19(23)21-12-10-16-6-4-3-5-7-16/h6,8-9,14H,3-5,7,10-13H2,1-2H3,(H,21,23). The van der Waals surface area contributed by atoms with E-state index in [9.17, 15) is 13.2 Å². The van der Waals surface area contributed by atoms with Crippen molar-refractivity contribution in [2.75, 3.05) is 23.7 Å². The highest BCUT2D eigenvalue weighted by molar-refractivity contribution is 7.92. The van der Waals surface area contributed by atoms with Gasteiger partial charge in [0.05, 0.1) is 11.9 Å². The van der Waals surface area contributed by atoms with Crippen LogP contribution in [0.4, 0.5) is 5.69 Å². The Morgan fingerprint density at radius 3 is 2.69 bits per heavy atom. The normalized spacial score (nSPS) is 14.7. The van der Waals surface area contributed by atoms with Crippen LogP contribution in [0.2, 0.25) is 5.02 Å². The topological polar surface area (TPSA) is 66.5 Å². The maximum atomic E-state index is 12.1. The van der Waals surface area contributed by atoms with Gasteiger partial charge in [0.15, 0.2) is 0 Å². The smallest absolute Gasteiger partial charge is 0.232 e. The van der Waals surface area contributed by atoms with Crippen LogP contribution in [-0.4, -0.2) is 33.7 Å². The fourth-order valence-electron chi connectivity index (χ4n) is 3.01. The first-order chi connectivity index (χ1) is 12.3. The summed E-state index contributed by atoms with van der Waals surface area (Å²) in [5, 5.41) is 3.38. The number of carbonyl (C=O) groups excluding carboxylic acids is 1. The molecule has 0 saturated carbocycles. The molecule has 7 heteroatoms. The van der Waals surface area contributed by atoms with Crippen molar-refractivity contribution in [2.45, 2.75) is 45.4 Å². The summed E-state index contributed by atoms with van der Waals surface area (Å²) < 4.78 is 25.4. The Balaban J connectivity index is 1.89. The molecule has 2 rings (SSSR count). The molecule has 0 bridgehead atoms. The van der Waals surface area contributed by atoms with Crippen molar-refractivity contribution < 1.29 is 13.2 Å². The summed E-state index contributed by atoms with van der Waals surface area (Å²) in [7, 11) is -3.50. The molecular formula is C19H27ClN2O3S. The third-order valence-corrected chi connectivity index (χ3v) is 6.14. The van der Waals surface area contributed by atoms with Crippen LogP contribution in [0, 0.1) is 6.92 Å². The Morgan fingerprint density at radius 1 is 1.31 bits per heavy atom. The number of allylic oxidation sites excluding steroid dienone is 1. The molecule has 0 heterocycles. The molecule has 1 aliphatic carbocycles. The lowest BCUT2D eigenvalue weighted by molar-refractivity contribution is -0.120. The average molecular weight is 399 g/mol. The van der Waals surface area contributed by atoms with Gasteiger partial charge in [-0.05, 0) is 56.7 Å². The lowest BCUT2D eigenvalue weighted by Crippen LogP contribution is -2.35. The fraction of sp³-hybridized carbons (Fsp3) is 0.526. The number of nitrogens with one attached hydrogen (secondary N) is 1. The van der Waals surface area contributed by atoms with Crippen molar-refractivity contribution in [1.82, 2.24) is 5.32 Å². The van der Waals surface area contributed by atoms with Gasteiger partial charge in [0, 0.05) is 24.5 Å². The van der Waals surface area contributed by atoms with E-state index in [1.54, 1.807) is 18.2 Å². The van der Waals surface area contributed by atoms with Crippen LogP contribution in [0.25, 0.3) is 0 Å². The van der Waals surface area contributed by atoms with Crippen molar-refractivity contribution in [1.29, 1.82) is 0 Å². The first-order valence-corrected chi connectivity index (χ1v) is 11.2. The molecule has 0 saturated heterocycles. The van der Waals surface area contributed by atoms with Crippen molar-refractivity contribution in [3.05, 3.63) is 40.4 Å². The minimum absolute atomic E-state index is 0.0900. The van der Waals surface area contributed by atoms with Gasteiger partial charge in [-0.15, -0.1) is 0 Å². The summed E-state index contributed by atoms with van der Waals surface area (Å²) >= 11 is 6.11. The van der Waals surface area contributed by atoms with Crippen LogP contribution in [0.1, 0.15) is 44.1 Å². The molecule has 0 aromatic heterocycles. The van der Waals surface area contributed by atoms with Crippen molar-refractivity contribution in [3.63, 3.8) is 0 Å². The van der Waals surface area contributed by atoms with Gasteiger partial charge in [0.1, 0.15) is 0 Å². The Morgan fingerprint density at radius 2 is 2.08 bits per heavy atom. The Labute approximate surface area is 161 Å². The van der Waals surface area contributed by atoms with Gasteiger partial charge in [-0.2, -0.15) is 0 Å². The molecule has 5 nitrogen and oxygen atoms in total. The van der Waals surface area contributed by atoms with E-state index in [-0.39, 0.29) is 18.9 Å². The molecule has 26 heavy (non-hydrogen) atoms. The minimum Gasteiger partial charge on any atom is -0.356 e. The van der Waals surface area contributed by atoms with E-state index in [1.165, 1.54) is 22.7 Å². The van der Waals surface area contributed by atoms with Gasteiger partial charge in [-0.25, -0.2) is 8.42 Å². The third kappa shape index (κ3) is 6.32. The zero-order valence-electron chi connectivity index (χ0n) is 15.4. The van der Waals surface area contributed by atoms with E-state index in [2.05, 4.69) is 11.4 Å². The maximum absolute atomic E-state index is 12.1. The fourth-order valence-corrected chi connectivity index (χ4v) is 4.10. The number of anilines is 1. The molecule has 1 aliphatic rings. The largest absolute Gasteiger partial charge is 0.356 e. The highest BCUT2D eigenvalue weighted by atomic mass is 35.5. The van der Waals surface area contributed by atoms with Gasteiger partial charge >= 0.3 is 0 Å². The van der Waals surface area contributed by atoms with E-state index >= 15 is 0 Å². The molecule has 0 aliphatic heterocycles. The molecule has 144 valence electrons. The monoisotopic (exact) mass is 398 g/mol. The van der Waals surface area contributed by atoms with Gasteiger partial charge in [-0.3, -0.25) is 9.10 Å². The van der Waals surface area contributed by atoms with Crippen molar-refractivity contribution >= 4 is 33.2 Å². The molecule has 0 unspecified atom stereocenters. The number of carbonyl (C=O) groups is 1. The number of halogens is 1. The number of hydrogen-bond donors (Lipinski definition) is 1. The summed E-state index contributed by atoms with van der Waals surface area (Å²) in [5.41, 5.74) is 2.76. The Bertz CT molecular complexity index is 775. The summed E-state index contributed by atoms with van der Waals surface area (Å²) in [5.74, 6) is -0.145. The molecule has 0 fully saturated rings. The first-order valence-electron chi connectivity index (χ1n) is 8.96. The predicted octanol–water partition coefficient (Wildman–Crippen LogP) is 3.81. The third-order valence-electron chi connectivity index (χ3n) is 4.54. The Kier molecular flexibility index (Phi) is 7.53. The quantitative estimate of drug-likeness (QED) is 0.677. The zero-order chi connectivity index (χ0) is 19.2. The summed E-state index contributed by atoms with van der Waals surface area (Å²) in [4.78, 5) is 12.1. The van der Waals surface area contributed by atoms with Crippen LogP contribution in [0.15, 0.2) is 29.8 Å². The van der Waals surface area contributed by atoms with Crippen LogP contribution in [-0.2, 0) is 14.8 Å². The maximum Gasteiger partial charge on any atom is 0.232 e. The van der Waals surface area contributed by atoms with Gasteiger partial charge in [0.2, 0.25) is 15.9 Å². The van der Waals surface area contributed by atoms with Crippen LogP contribution < -0.4 is 9.62 Å². The van der Waals surface area contributed by atoms with E-state index < -0.39 is 10.0 Å². The number of benzene rings is 1. The molecule has 1 aromatic carbocycles. The summed E-state index contributed by atoms with van der Waals surface area (Å²) in [6.45, 7) is 2.54. The molecule has 0 spiro atoms. The molecule has 0 atom stereocenters. The van der Waals surface area contributed by atoms with E-state index in [4.69, 9.17) is 11.6 Å². The van der Waals surface area contributed by atoms with Crippen molar-refractivity contribution in [3.8, 4) is 0 Å². The van der Waals surface area contributed by atoms with Crippen LogP contribution in [0.5, 0.6) is 0 Å². The van der Waals surface area contributed by atoms with E-state index in [0.717, 1.165) is 31.1 Å². The number of sulfonamides is 1. The zero-order valence-corrected chi connectivity index (χ0v) is 17.0. The van der Waals surface area contributed by atoms with Gasteiger partial charge in [0.25, 0.3) is 0 Å². The van der Waals surface area contributed by atoms with Gasteiger partial charge in [-0.1, -0.05) is 29.3 Å². The van der Waals surface area contributed by atoms with E-state index in [0.29, 0.717) is 17.3 Å². The second-order valence-electron chi connectivity index (χ2n) is 6.73. The number of amides is 1. The minimum atomic E-state index is -3.50. The second kappa shape index (κ2) is 9.42. The highest BCUT2D eigenvalue weighted by Gasteiger charge is 2.19. The molecular weight excluding hydrogens is 372 g/mol. The molecule has 0 radical (unpaired) electrons. The van der Waals surface area contributed by atoms with Crippen LogP contribution in [0.3, 0.4) is 0 Å². The molecule has 1 N–H and O–H groups in total. The number of hydrogen-bond acceptors (Lipinski definition) is 3. The Hall–Kier alpha value is -1.53. The first kappa shape index (κ1) is 20.8. The SMILES string of the molecule is Cc1ccc(N(CCC(=O)NCCC2=CCCCC2)S(C)(=O)=O)cc1Cl. The molecule has 1 amide bonds. The van der Waals surface area contributed by atoms with Crippen LogP contribution >= 0.6 is 11.6 Å². The summed E-state index contributed by atoms with van der Waals surface area (Å²) in [6, 6.07) is 5.09. The average Bonchev–Trinajstić information content (AvgIpc) is 2.58. The van der Waals surface area contributed by atoms with Crippen molar-refractivity contribution in [2.24, 2.45) is 0 Å². The van der Waals surface area contributed by atoms with Gasteiger partial charge < -0.3 is 5.32 Å². The number of nitrogens with zero attached hydrogens (tertiary/aromatic N) is 1. The second-order valence-corrected chi connectivity index (χ2v) is 9.04. The lowest BCUT2D eigenvalue weighted by atomic mass is 9.97. The summed E-state index contributed by atoms with van der Waals surface area (Å²) in [6.07, 6.45) is 9.10. The predicted molar refractivity (Wildman–Crippen MR) is 107 cm³/mol. The highest BCUT2D eigenvalue weighted by Crippen LogP contribution is 2.25.